The van der Waals surface area contributed by atoms with Crippen LogP contribution in [0.3, 0.4) is 0 Å². The number of ether oxygens (including phenoxy) is 1. The summed E-state index contributed by atoms with van der Waals surface area (Å²) in [6.45, 7) is 7.21. The highest BCUT2D eigenvalue weighted by Gasteiger charge is 2.27. The van der Waals surface area contributed by atoms with Crippen molar-refractivity contribution in [1.82, 2.24) is 9.88 Å². The van der Waals surface area contributed by atoms with Crippen molar-refractivity contribution < 1.29 is 9.53 Å². The van der Waals surface area contributed by atoms with Gasteiger partial charge in [-0.25, -0.2) is 9.78 Å². The van der Waals surface area contributed by atoms with Gasteiger partial charge in [-0.1, -0.05) is 0 Å². The predicted molar refractivity (Wildman–Crippen MR) is 71.9 cm³/mol. The van der Waals surface area contributed by atoms with Gasteiger partial charge in [-0.05, 0) is 33.6 Å². The predicted octanol–water partition coefficient (Wildman–Crippen LogP) is 3.26. The Morgan fingerprint density at radius 1 is 1.44 bits per heavy atom. The SMILES string of the molecule is CC(C)(C)OC(=O)N1CCC(c2cscn2)CC1. The number of rotatable bonds is 1. The van der Waals surface area contributed by atoms with Gasteiger partial charge >= 0.3 is 6.09 Å². The van der Waals surface area contributed by atoms with Gasteiger partial charge in [-0.2, -0.15) is 0 Å². The number of carbonyl (C=O) groups is 1. The number of thiazole rings is 1. The number of amides is 1. The van der Waals surface area contributed by atoms with Crippen molar-refractivity contribution in [3.05, 3.63) is 16.6 Å². The van der Waals surface area contributed by atoms with Crippen LogP contribution in [0.25, 0.3) is 0 Å². The lowest BCUT2D eigenvalue weighted by Gasteiger charge is -2.32. The molecule has 0 aliphatic carbocycles. The fourth-order valence-electron chi connectivity index (χ4n) is 2.11. The number of piperidine rings is 1. The van der Waals surface area contributed by atoms with Crippen LogP contribution in [0.5, 0.6) is 0 Å². The Balaban J connectivity index is 1.85. The van der Waals surface area contributed by atoms with Crippen molar-refractivity contribution in [2.24, 2.45) is 0 Å². The molecule has 1 saturated heterocycles. The third-order valence-corrected chi connectivity index (χ3v) is 3.62. The molecule has 1 aromatic heterocycles. The summed E-state index contributed by atoms with van der Waals surface area (Å²) in [7, 11) is 0. The lowest BCUT2D eigenvalue weighted by atomic mass is 9.94. The summed E-state index contributed by atoms with van der Waals surface area (Å²) >= 11 is 1.63. The zero-order valence-electron chi connectivity index (χ0n) is 11.2. The Labute approximate surface area is 112 Å². The molecule has 5 heteroatoms. The number of aromatic nitrogens is 1. The number of nitrogens with zero attached hydrogens (tertiary/aromatic N) is 2. The zero-order chi connectivity index (χ0) is 13.2. The molecule has 0 radical (unpaired) electrons. The first-order valence-electron chi connectivity index (χ1n) is 6.32. The Kier molecular flexibility index (Phi) is 3.90. The summed E-state index contributed by atoms with van der Waals surface area (Å²) in [5, 5.41) is 2.10. The maximum absolute atomic E-state index is 11.9. The molecule has 1 amide bonds. The van der Waals surface area contributed by atoms with Crippen LogP contribution in [-0.2, 0) is 4.74 Å². The summed E-state index contributed by atoms with van der Waals surface area (Å²) in [6.07, 6.45) is 1.76. The molecule has 0 unspecified atom stereocenters. The fraction of sp³-hybridized carbons (Fsp3) is 0.692. The number of hydrogen-bond donors (Lipinski definition) is 0. The van der Waals surface area contributed by atoms with Gasteiger partial charge in [-0.3, -0.25) is 0 Å². The molecule has 0 atom stereocenters. The second-order valence-corrected chi connectivity index (χ2v) is 6.37. The quantitative estimate of drug-likeness (QED) is 0.785. The van der Waals surface area contributed by atoms with Crippen LogP contribution in [0.2, 0.25) is 0 Å². The molecule has 0 bridgehead atoms. The minimum absolute atomic E-state index is 0.195. The van der Waals surface area contributed by atoms with Crippen LogP contribution in [0.4, 0.5) is 4.79 Å². The molecule has 1 fully saturated rings. The molecule has 2 heterocycles. The fourth-order valence-corrected chi connectivity index (χ4v) is 2.74. The van der Waals surface area contributed by atoms with Crippen LogP contribution >= 0.6 is 11.3 Å². The second-order valence-electron chi connectivity index (χ2n) is 5.65. The minimum Gasteiger partial charge on any atom is -0.444 e. The van der Waals surface area contributed by atoms with E-state index in [0.29, 0.717) is 5.92 Å². The first kappa shape index (κ1) is 13.3. The van der Waals surface area contributed by atoms with Crippen LogP contribution in [-0.4, -0.2) is 34.7 Å². The average Bonchev–Trinajstić information content (AvgIpc) is 2.80. The summed E-state index contributed by atoms with van der Waals surface area (Å²) < 4.78 is 5.38. The summed E-state index contributed by atoms with van der Waals surface area (Å²) in [5.41, 5.74) is 2.63. The van der Waals surface area contributed by atoms with E-state index in [0.717, 1.165) is 25.9 Å². The molecule has 1 aliphatic rings. The maximum Gasteiger partial charge on any atom is 0.410 e. The third kappa shape index (κ3) is 3.45. The van der Waals surface area contributed by atoms with Crippen molar-refractivity contribution >= 4 is 17.4 Å². The molecular weight excluding hydrogens is 248 g/mol. The van der Waals surface area contributed by atoms with Gasteiger partial charge in [0.15, 0.2) is 0 Å². The molecular formula is C13H20N2O2S. The highest BCUT2D eigenvalue weighted by Crippen LogP contribution is 2.28. The lowest BCUT2D eigenvalue weighted by Crippen LogP contribution is -2.41. The van der Waals surface area contributed by atoms with E-state index in [9.17, 15) is 4.79 Å². The van der Waals surface area contributed by atoms with Crippen LogP contribution < -0.4 is 0 Å². The summed E-state index contributed by atoms with van der Waals surface area (Å²) in [6, 6.07) is 0. The highest BCUT2D eigenvalue weighted by molar-refractivity contribution is 7.07. The molecule has 18 heavy (non-hydrogen) atoms. The topological polar surface area (TPSA) is 42.4 Å². The normalized spacial score (nSPS) is 17.8. The van der Waals surface area contributed by atoms with Gasteiger partial charge in [-0.15, -0.1) is 11.3 Å². The van der Waals surface area contributed by atoms with E-state index in [2.05, 4.69) is 10.4 Å². The maximum atomic E-state index is 11.9. The van der Waals surface area contributed by atoms with Crippen molar-refractivity contribution in [3.8, 4) is 0 Å². The zero-order valence-corrected chi connectivity index (χ0v) is 12.0. The van der Waals surface area contributed by atoms with Crippen molar-refractivity contribution in [2.75, 3.05) is 13.1 Å². The molecule has 100 valence electrons. The van der Waals surface area contributed by atoms with E-state index >= 15 is 0 Å². The van der Waals surface area contributed by atoms with Gasteiger partial charge in [0.25, 0.3) is 0 Å². The number of likely N-dealkylation sites (tertiary alicyclic amines) is 1. The van der Waals surface area contributed by atoms with Crippen molar-refractivity contribution in [2.45, 2.75) is 45.1 Å². The molecule has 0 spiro atoms. The van der Waals surface area contributed by atoms with Crippen LogP contribution in [0, 0.1) is 0 Å². The van der Waals surface area contributed by atoms with E-state index in [1.54, 1.807) is 16.2 Å². The Hall–Kier alpha value is -1.10. The largest absolute Gasteiger partial charge is 0.444 e. The van der Waals surface area contributed by atoms with Crippen molar-refractivity contribution in [3.63, 3.8) is 0 Å². The molecule has 4 nitrogen and oxygen atoms in total. The van der Waals surface area contributed by atoms with Crippen molar-refractivity contribution in [1.29, 1.82) is 0 Å². The van der Waals surface area contributed by atoms with Gasteiger partial charge in [0.2, 0.25) is 0 Å². The van der Waals surface area contributed by atoms with Crippen LogP contribution in [0.15, 0.2) is 10.9 Å². The molecule has 1 aromatic rings. The average molecular weight is 268 g/mol. The Morgan fingerprint density at radius 3 is 2.61 bits per heavy atom. The monoisotopic (exact) mass is 268 g/mol. The molecule has 1 aliphatic heterocycles. The molecule has 2 rings (SSSR count). The van der Waals surface area contributed by atoms with E-state index in [1.807, 2.05) is 26.3 Å². The number of carbonyl (C=O) groups excluding carboxylic acids is 1. The van der Waals surface area contributed by atoms with Gasteiger partial charge in [0, 0.05) is 24.4 Å². The third-order valence-electron chi connectivity index (χ3n) is 3.02. The Bertz CT molecular complexity index is 390. The van der Waals surface area contributed by atoms with E-state index in [4.69, 9.17) is 4.74 Å². The van der Waals surface area contributed by atoms with E-state index in [1.165, 1.54) is 5.69 Å². The van der Waals surface area contributed by atoms with E-state index < -0.39 is 5.60 Å². The summed E-state index contributed by atoms with van der Waals surface area (Å²) in [5.74, 6) is 0.495. The number of hydrogen-bond acceptors (Lipinski definition) is 4. The highest BCUT2D eigenvalue weighted by atomic mass is 32.1. The Morgan fingerprint density at radius 2 is 2.11 bits per heavy atom. The second kappa shape index (κ2) is 5.26. The first-order valence-corrected chi connectivity index (χ1v) is 7.26. The van der Waals surface area contributed by atoms with Gasteiger partial charge < -0.3 is 9.64 Å². The lowest BCUT2D eigenvalue weighted by molar-refractivity contribution is 0.0204. The summed E-state index contributed by atoms with van der Waals surface area (Å²) in [4.78, 5) is 18.0. The van der Waals surface area contributed by atoms with E-state index in [-0.39, 0.29) is 6.09 Å². The first-order chi connectivity index (χ1) is 8.46. The standard InChI is InChI=1S/C13H20N2O2S/c1-13(2,3)17-12(16)15-6-4-10(5-7-15)11-8-18-9-14-11/h8-10H,4-7H2,1-3H3. The smallest absolute Gasteiger partial charge is 0.410 e. The van der Waals surface area contributed by atoms with Crippen LogP contribution in [0.1, 0.15) is 45.2 Å². The minimum atomic E-state index is -0.414. The van der Waals surface area contributed by atoms with Gasteiger partial charge in [0.05, 0.1) is 11.2 Å². The molecule has 0 aromatic carbocycles. The molecule has 0 N–H and O–H groups in total. The molecule has 0 saturated carbocycles. The van der Waals surface area contributed by atoms with Gasteiger partial charge in [0.1, 0.15) is 5.60 Å².